The van der Waals surface area contributed by atoms with Gasteiger partial charge in [0.25, 0.3) is 0 Å². The third kappa shape index (κ3) is 2.68. The second-order valence-electron chi connectivity index (χ2n) is 4.31. The van der Waals surface area contributed by atoms with Crippen molar-refractivity contribution in [3.63, 3.8) is 0 Å². The van der Waals surface area contributed by atoms with Crippen molar-refractivity contribution in [1.82, 2.24) is 9.27 Å². The largest absolute Gasteiger partial charge is 0.382 e. The van der Waals surface area contributed by atoms with Gasteiger partial charge in [-0.05, 0) is 37.0 Å². The van der Waals surface area contributed by atoms with Gasteiger partial charge in [-0.25, -0.2) is 0 Å². The molecular formula is C11H17N5S. The van der Waals surface area contributed by atoms with E-state index in [1.165, 1.54) is 24.5 Å². The highest BCUT2D eigenvalue weighted by Crippen LogP contribution is 2.26. The Morgan fingerprint density at radius 2 is 2.53 bits per heavy atom. The van der Waals surface area contributed by atoms with Gasteiger partial charge in [0.05, 0.1) is 0 Å². The number of nitrogens with two attached hydrogens (primary N) is 1. The van der Waals surface area contributed by atoms with Gasteiger partial charge >= 0.3 is 0 Å². The second-order valence-corrected chi connectivity index (χ2v) is 5.09. The van der Waals surface area contributed by atoms with E-state index in [-0.39, 0.29) is 0 Å². The maximum absolute atomic E-state index is 8.95. The van der Waals surface area contributed by atoms with Crippen LogP contribution in [-0.2, 0) is 0 Å². The summed E-state index contributed by atoms with van der Waals surface area (Å²) in [5, 5.41) is 13.1. The van der Waals surface area contributed by atoms with E-state index in [9.17, 15) is 0 Å². The molecule has 6 heteroatoms. The first-order valence-electron chi connectivity index (χ1n) is 5.86. The van der Waals surface area contributed by atoms with Crippen LogP contribution in [0.5, 0.6) is 0 Å². The number of nitrogens with one attached hydrogen (secondary N) is 1. The number of nitriles is 1. The van der Waals surface area contributed by atoms with Gasteiger partial charge in [0.2, 0.25) is 0 Å². The van der Waals surface area contributed by atoms with Crippen LogP contribution in [0.2, 0.25) is 0 Å². The van der Waals surface area contributed by atoms with Crippen molar-refractivity contribution in [3.8, 4) is 6.07 Å². The molecule has 3 N–H and O–H groups in total. The van der Waals surface area contributed by atoms with Crippen LogP contribution in [0.1, 0.15) is 18.9 Å². The summed E-state index contributed by atoms with van der Waals surface area (Å²) in [6.07, 6.45) is 1.22. The molecule has 0 radical (unpaired) electrons. The fourth-order valence-electron chi connectivity index (χ4n) is 2.13. The molecule has 0 aliphatic carbocycles. The molecule has 1 aromatic rings. The third-order valence-electron chi connectivity index (χ3n) is 3.20. The smallest absolute Gasteiger partial charge is 0.157 e. The number of nitrogens with zero attached hydrogens (tertiary/aromatic N) is 3. The lowest BCUT2D eigenvalue weighted by Gasteiger charge is -2.13. The minimum Gasteiger partial charge on any atom is -0.382 e. The molecule has 0 bridgehead atoms. The predicted molar refractivity (Wildman–Crippen MR) is 70.0 cm³/mol. The first kappa shape index (κ1) is 12.1. The fraction of sp³-hybridized carbons (Fsp3) is 0.636. The van der Waals surface area contributed by atoms with E-state index >= 15 is 0 Å². The molecule has 2 rings (SSSR count). The summed E-state index contributed by atoms with van der Waals surface area (Å²) >= 11 is 1.27. The van der Waals surface area contributed by atoms with Gasteiger partial charge < -0.3 is 16.0 Å². The van der Waals surface area contributed by atoms with E-state index < -0.39 is 0 Å². The summed E-state index contributed by atoms with van der Waals surface area (Å²) in [4.78, 5) is 2.44. The van der Waals surface area contributed by atoms with Crippen LogP contribution in [0.15, 0.2) is 0 Å². The van der Waals surface area contributed by atoms with Gasteiger partial charge in [-0.3, -0.25) is 0 Å². The lowest BCUT2D eigenvalue weighted by Crippen LogP contribution is -2.22. The van der Waals surface area contributed by atoms with Gasteiger partial charge in [-0.2, -0.15) is 9.64 Å². The molecule has 1 fully saturated rings. The van der Waals surface area contributed by atoms with E-state index in [2.05, 4.69) is 27.6 Å². The molecule has 2 heterocycles. The molecule has 0 amide bonds. The lowest BCUT2D eigenvalue weighted by molar-refractivity contribution is 0.345. The first-order chi connectivity index (χ1) is 8.24. The zero-order valence-corrected chi connectivity index (χ0v) is 10.8. The molecule has 1 aromatic heterocycles. The number of hydrogen-bond acceptors (Lipinski definition) is 6. The minimum absolute atomic E-state index is 0.335. The maximum atomic E-state index is 8.95. The molecule has 17 heavy (non-hydrogen) atoms. The van der Waals surface area contributed by atoms with Crippen LogP contribution in [0.25, 0.3) is 0 Å². The van der Waals surface area contributed by atoms with Gasteiger partial charge in [0, 0.05) is 13.1 Å². The summed E-state index contributed by atoms with van der Waals surface area (Å²) in [6.45, 7) is 6.52. The van der Waals surface area contributed by atoms with Crippen molar-refractivity contribution in [1.29, 1.82) is 5.26 Å². The second kappa shape index (κ2) is 5.34. The summed E-state index contributed by atoms with van der Waals surface area (Å²) < 4.78 is 3.99. The van der Waals surface area contributed by atoms with Gasteiger partial charge in [0.1, 0.15) is 16.6 Å². The normalized spacial score (nSPS) is 20.4. The zero-order chi connectivity index (χ0) is 12.3. The Hall–Kier alpha value is -1.32. The van der Waals surface area contributed by atoms with E-state index in [1.807, 2.05) is 0 Å². The monoisotopic (exact) mass is 251 g/mol. The first-order valence-corrected chi connectivity index (χ1v) is 6.63. The molecule has 1 atom stereocenters. The molecule has 0 spiro atoms. The van der Waals surface area contributed by atoms with Crippen molar-refractivity contribution in [2.45, 2.75) is 13.3 Å². The van der Waals surface area contributed by atoms with Gasteiger partial charge in [-0.15, -0.1) is 0 Å². The van der Waals surface area contributed by atoms with Gasteiger partial charge in [-0.1, -0.05) is 6.92 Å². The standard InChI is InChI=1S/C11H17N5S/c1-2-16-4-3-8(7-16)6-14-11-9(5-12)10(13)15-17-11/h8,14H,2-4,6-7H2,1H3,(H2,13,15). The quantitative estimate of drug-likeness (QED) is 0.844. The average Bonchev–Trinajstić information content (AvgIpc) is 2.92. The highest BCUT2D eigenvalue weighted by molar-refractivity contribution is 7.10. The molecule has 5 nitrogen and oxygen atoms in total. The maximum Gasteiger partial charge on any atom is 0.157 e. The van der Waals surface area contributed by atoms with E-state index in [0.717, 1.165) is 24.6 Å². The molecule has 0 aromatic carbocycles. The SMILES string of the molecule is CCN1CCC(CNc2snc(N)c2C#N)C1. The molecule has 92 valence electrons. The molecule has 1 aliphatic heterocycles. The van der Waals surface area contributed by atoms with Gasteiger partial charge in [0.15, 0.2) is 5.82 Å². The topological polar surface area (TPSA) is 78.0 Å². The number of likely N-dealkylation sites (tertiary alicyclic amines) is 1. The number of nitrogen functional groups attached to an aromatic ring is 1. The number of aromatic nitrogens is 1. The average molecular weight is 251 g/mol. The Morgan fingerprint density at radius 3 is 3.18 bits per heavy atom. The molecular weight excluding hydrogens is 234 g/mol. The van der Waals surface area contributed by atoms with Crippen molar-refractivity contribution in [3.05, 3.63) is 5.56 Å². The summed E-state index contributed by atoms with van der Waals surface area (Å²) in [5.41, 5.74) is 6.09. The Morgan fingerprint density at radius 1 is 1.71 bits per heavy atom. The molecule has 1 saturated heterocycles. The number of anilines is 2. The predicted octanol–water partition coefficient (Wildman–Crippen LogP) is 1.35. The summed E-state index contributed by atoms with van der Waals surface area (Å²) in [5.74, 6) is 0.992. The van der Waals surface area contributed by atoms with Crippen molar-refractivity contribution >= 4 is 22.4 Å². The Labute approximate surface area is 105 Å². The van der Waals surface area contributed by atoms with Crippen LogP contribution in [-0.4, -0.2) is 35.5 Å². The third-order valence-corrected chi connectivity index (χ3v) is 4.02. The number of rotatable bonds is 4. The van der Waals surface area contributed by atoms with Crippen LogP contribution in [0.4, 0.5) is 10.8 Å². The Balaban J connectivity index is 1.88. The van der Waals surface area contributed by atoms with Crippen LogP contribution in [0.3, 0.4) is 0 Å². The summed E-state index contributed by atoms with van der Waals surface area (Å²) in [6, 6.07) is 2.09. The molecule has 1 unspecified atom stereocenters. The van der Waals surface area contributed by atoms with E-state index in [0.29, 0.717) is 17.3 Å². The van der Waals surface area contributed by atoms with Crippen LogP contribution < -0.4 is 11.1 Å². The van der Waals surface area contributed by atoms with Crippen molar-refractivity contribution < 1.29 is 0 Å². The highest BCUT2D eigenvalue weighted by Gasteiger charge is 2.21. The van der Waals surface area contributed by atoms with E-state index in [4.69, 9.17) is 11.0 Å². The number of hydrogen-bond donors (Lipinski definition) is 2. The van der Waals surface area contributed by atoms with Crippen LogP contribution >= 0.6 is 11.5 Å². The van der Waals surface area contributed by atoms with Crippen molar-refractivity contribution in [2.24, 2.45) is 5.92 Å². The fourth-order valence-corrected chi connectivity index (χ4v) is 2.81. The molecule has 1 aliphatic rings. The highest BCUT2D eigenvalue weighted by atomic mass is 32.1. The zero-order valence-electron chi connectivity index (χ0n) is 9.94. The van der Waals surface area contributed by atoms with Crippen LogP contribution in [0, 0.1) is 17.2 Å². The molecule has 0 saturated carbocycles. The summed E-state index contributed by atoms with van der Waals surface area (Å²) in [7, 11) is 0. The van der Waals surface area contributed by atoms with Crippen molar-refractivity contribution in [2.75, 3.05) is 37.2 Å². The Kier molecular flexibility index (Phi) is 3.82. The van der Waals surface area contributed by atoms with E-state index in [1.54, 1.807) is 0 Å². The minimum atomic E-state index is 0.335. The lowest BCUT2D eigenvalue weighted by atomic mass is 10.1. The Bertz CT molecular complexity index is 422.